The zero-order chi connectivity index (χ0) is 14.8. The fourth-order valence-electron chi connectivity index (χ4n) is 1.95. The second-order valence-electron chi connectivity index (χ2n) is 6.03. The van der Waals surface area contributed by atoms with Crippen LogP contribution < -0.4 is 0 Å². The highest BCUT2D eigenvalue weighted by atomic mass is 16.6. The lowest BCUT2D eigenvalue weighted by Gasteiger charge is -2.34. The second-order valence-corrected chi connectivity index (χ2v) is 6.03. The Bertz CT molecular complexity index is 393. The van der Waals surface area contributed by atoms with Gasteiger partial charge in [-0.1, -0.05) is 6.08 Å². The second kappa shape index (κ2) is 5.33. The summed E-state index contributed by atoms with van der Waals surface area (Å²) in [6.45, 7) is 10.8. The van der Waals surface area contributed by atoms with Crippen LogP contribution >= 0.6 is 0 Å². The Kier molecular flexibility index (Phi) is 4.40. The van der Waals surface area contributed by atoms with E-state index in [-0.39, 0.29) is 12.4 Å². The summed E-state index contributed by atoms with van der Waals surface area (Å²) in [5.74, 6) is -0.154. The molecule has 1 saturated heterocycles. The van der Waals surface area contributed by atoms with Crippen molar-refractivity contribution in [2.75, 3.05) is 6.61 Å². The van der Waals surface area contributed by atoms with Crippen LogP contribution in [0.4, 0.5) is 4.79 Å². The van der Waals surface area contributed by atoms with E-state index in [1.807, 2.05) is 0 Å². The fraction of sp³-hybridized carbons (Fsp3) is 0.714. The van der Waals surface area contributed by atoms with Gasteiger partial charge in [0.1, 0.15) is 17.4 Å². The van der Waals surface area contributed by atoms with Crippen molar-refractivity contribution in [3.8, 4) is 0 Å². The summed E-state index contributed by atoms with van der Waals surface area (Å²) in [5.41, 5.74) is -1.45. The van der Waals surface area contributed by atoms with E-state index in [0.717, 1.165) is 0 Å². The topological polar surface area (TPSA) is 55.8 Å². The first kappa shape index (κ1) is 15.7. The van der Waals surface area contributed by atoms with Crippen LogP contribution in [0.15, 0.2) is 12.2 Å². The monoisotopic (exact) mass is 269 g/mol. The predicted octanol–water partition coefficient (Wildman–Crippen LogP) is 2.50. The molecule has 0 aliphatic carbocycles. The van der Waals surface area contributed by atoms with Crippen LogP contribution in [0.1, 0.15) is 41.5 Å². The van der Waals surface area contributed by atoms with Crippen molar-refractivity contribution in [2.45, 2.75) is 58.9 Å². The highest BCUT2D eigenvalue weighted by Crippen LogP contribution is 2.29. The molecular formula is C14H23NO4. The zero-order valence-electron chi connectivity index (χ0n) is 12.5. The molecule has 5 heteroatoms. The Morgan fingerprint density at radius 2 is 1.95 bits per heavy atom. The van der Waals surface area contributed by atoms with E-state index in [0.29, 0.717) is 0 Å². The maximum Gasteiger partial charge on any atom is 0.413 e. The number of rotatable bonds is 2. The lowest BCUT2D eigenvalue weighted by molar-refractivity contribution is -0.120. The molecule has 5 nitrogen and oxygen atoms in total. The number of ether oxygens (including phenoxy) is 2. The molecule has 0 spiro atoms. The molecule has 19 heavy (non-hydrogen) atoms. The third kappa shape index (κ3) is 3.80. The van der Waals surface area contributed by atoms with Gasteiger partial charge in [0.05, 0.1) is 6.61 Å². The average molecular weight is 269 g/mol. The van der Waals surface area contributed by atoms with Gasteiger partial charge < -0.3 is 9.47 Å². The molecule has 1 fully saturated rings. The summed E-state index contributed by atoms with van der Waals surface area (Å²) in [4.78, 5) is 25.6. The molecule has 0 aromatic carbocycles. The van der Waals surface area contributed by atoms with E-state index < -0.39 is 23.5 Å². The summed E-state index contributed by atoms with van der Waals surface area (Å²) in [5, 5.41) is 0. The largest absolute Gasteiger partial charge is 0.444 e. The van der Waals surface area contributed by atoms with Crippen LogP contribution in [0.5, 0.6) is 0 Å². The summed E-state index contributed by atoms with van der Waals surface area (Å²) < 4.78 is 10.9. The van der Waals surface area contributed by atoms with Gasteiger partial charge in [-0.05, 0) is 47.6 Å². The minimum Gasteiger partial charge on any atom is -0.444 e. The van der Waals surface area contributed by atoms with Crippen molar-refractivity contribution in [1.82, 2.24) is 4.90 Å². The summed E-state index contributed by atoms with van der Waals surface area (Å²) in [7, 11) is 0. The third-order valence-corrected chi connectivity index (χ3v) is 2.74. The predicted molar refractivity (Wildman–Crippen MR) is 71.7 cm³/mol. The first-order chi connectivity index (χ1) is 8.58. The Morgan fingerprint density at radius 1 is 1.37 bits per heavy atom. The van der Waals surface area contributed by atoms with Gasteiger partial charge in [-0.3, -0.25) is 9.69 Å². The van der Waals surface area contributed by atoms with Crippen molar-refractivity contribution in [3.05, 3.63) is 12.2 Å². The molecule has 1 unspecified atom stereocenters. The lowest BCUT2D eigenvalue weighted by Crippen LogP contribution is -2.51. The number of carbonyl (C=O) groups is 2. The normalized spacial score (nSPS) is 22.8. The Hall–Kier alpha value is -1.36. The molecule has 0 bridgehead atoms. The molecule has 0 aromatic heterocycles. The quantitative estimate of drug-likeness (QED) is 0.723. The van der Waals surface area contributed by atoms with E-state index >= 15 is 0 Å². The summed E-state index contributed by atoms with van der Waals surface area (Å²) in [6, 6.07) is -0.624. The van der Waals surface area contributed by atoms with E-state index in [9.17, 15) is 9.59 Å². The molecule has 1 heterocycles. The van der Waals surface area contributed by atoms with Gasteiger partial charge in [0.2, 0.25) is 0 Å². The molecule has 0 radical (unpaired) electrons. The van der Waals surface area contributed by atoms with Crippen LogP contribution in [-0.4, -0.2) is 40.8 Å². The van der Waals surface area contributed by atoms with Gasteiger partial charge in [0.15, 0.2) is 5.78 Å². The Morgan fingerprint density at radius 3 is 2.42 bits per heavy atom. The summed E-state index contributed by atoms with van der Waals surface area (Å²) >= 11 is 0. The first-order valence-corrected chi connectivity index (χ1v) is 6.41. The molecule has 1 rings (SSSR count). The van der Waals surface area contributed by atoms with Crippen molar-refractivity contribution < 1.29 is 19.1 Å². The fourth-order valence-corrected chi connectivity index (χ4v) is 1.95. The van der Waals surface area contributed by atoms with Crippen LogP contribution in [0.25, 0.3) is 0 Å². The number of amides is 1. The van der Waals surface area contributed by atoms with Gasteiger partial charge in [0.25, 0.3) is 0 Å². The Balaban J connectivity index is 2.96. The molecule has 1 aliphatic heterocycles. The van der Waals surface area contributed by atoms with E-state index in [4.69, 9.17) is 9.47 Å². The number of allylic oxidation sites excluding steroid dienone is 1. The number of carbonyl (C=O) groups excluding carboxylic acids is 2. The minimum atomic E-state index is -0.843. The van der Waals surface area contributed by atoms with Crippen LogP contribution in [0.3, 0.4) is 0 Å². The first-order valence-electron chi connectivity index (χ1n) is 6.41. The van der Waals surface area contributed by atoms with E-state index in [1.54, 1.807) is 47.6 Å². The molecule has 1 atom stereocenters. The standard InChI is InChI=1S/C14H23NO4/c1-7-8-11(16)10-9-18-14(5,6)15(10)12(17)19-13(2,3)4/h7-8,10H,9H2,1-6H3. The van der Waals surface area contributed by atoms with Gasteiger partial charge >= 0.3 is 6.09 Å². The number of ketones is 1. The number of hydrogen-bond donors (Lipinski definition) is 0. The molecule has 108 valence electrons. The van der Waals surface area contributed by atoms with Crippen LogP contribution in [-0.2, 0) is 14.3 Å². The zero-order valence-corrected chi connectivity index (χ0v) is 12.5. The molecule has 0 saturated carbocycles. The molecule has 1 aliphatic rings. The number of nitrogens with zero attached hydrogens (tertiary/aromatic N) is 1. The van der Waals surface area contributed by atoms with Crippen molar-refractivity contribution in [3.63, 3.8) is 0 Å². The Labute approximate surface area is 114 Å². The van der Waals surface area contributed by atoms with Crippen molar-refractivity contribution in [2.24, 2.45) is 0 Å². The molecule has 0 N–H and O–H groups in total. The lowest BCUT2D eigenvalue weighted by atomic mass is 10.1. The van der Waals surface area contributed by atoms with Crippen molar-refractivity contribution >= 4 is 11.9 Å². The van der Waals surface area contributed by atoms with E-state index in [2.05, 4.69) is 0 Å². The molecule has 0 aromatic rings. The highest BCUT2D eigenvalue weighted by Gasteiger charge is 2.47. The highest BCUT2D eigenvalue weighted by molar-refractivity contribution is 5.96. The van der Waals surface area contributed by atoms with Gasteiger partial charge in [-0.2, -0.15) is 0 Å². The average Bonchev–Trinajstić information content (AvgIpc) is 2.51. The number of hydrogen-bond acceptors (Lipinski definition) is 4. The third-order valence-electron chi connectivity index (χ3n) is 2.74. The molecule has 1 amide bonds. The smallest absolute Gasteiger partial charge is 0.413 e. The van der Waals surface area contributed by atoms with E-state index in [1.165, 1.54) is 11.0 Å². The van der Waals surface area contributed by atoms with Crippen molar-refractivity contribution in [1.29, 1.82) is 0 Å². The summed E-state index contributed by atoms with van der Waals surface area (Å²) in [6.07, 6.45) is 2.58. The maximum atomic E-state index is 12.2. The van der Waals surface area contributed by atoms with Gasteiger partial charge in [-0.25, -0.2) is 4.79 Å². The maximum absolute atomic E-state index is 12.2. The van der Waals surface area contributed by atoms with Crippen LogP contribution in [0, 0.1) is 0 Å². The molecular weight excluding hydrogens is 246 g/mol. The van der Waals surface area contributed by atoms with Crippen LogP contribution in [0.2, 0.25) is 0 Å². The van der Waals surface area contributed by atoms with Gasteiger partial charge in [0, 0.05) is 0 Å². The van der Waals surface area contributed by atoms with Gasteiger partial charge in [-0.15, -0.1) is 0 Å². The SMILES string of the molecule is CC=CC(=O)C1COC(C)(C)N1C(=O)OC(C)(C)C. The minimum absolute atomic E-state index is 0.154.